The highest BCUT2D eigenvalue weighted by atomic mass is 16.7. The molecule has 2 aliphatic carbocycles. The average molecular weight is 276 g/mol. The number of ether oxygens (including phenoxy) is 2. The van der Waals surface area contributed by atoms with E-state index in [1.807, 2.05) is 6.92 Å². The molecule has 0 aromatic carbocycles. The fourth-order valence-electron chi connectivity index (χ4n) is 3.60. The van der Waals surface area contributed by atoms with Gasteiger partial charge in [0.15, 0.2) is 5.78 Å². The van der Waals surface area contributed by atoms with Gasteiger partial charge in [0.05, 0.1) is 12.0 Å². The molecule has 3 rings (SSSR count). The second-order valence-electron chi connectivity index (χ2n) is 6.54. The summed E-state index contributed by atoms with van der Waals surface area (Å²) in [6.07, 6.45) is 1.89. The van der Waals surface area contributed by atoms with Crippen molar-refractivity contribution in [2.24, 2.45) is 17.3 Å². The summed E-state index contributed by atoms with van der Waals surface area (Å²) in [6, 6.07) is 0. The molecule has 0 spiro atoms. The molecule has 1 saturated heterocycles. The number of hydrogen-bond acceptors (Lipinski definition) is 4. The first-order valence-electron chi connectivity index (χ1n) is 7.07. The Bertz CT molecular complexity index is 529. The van der Waals surface area contributed by atoms with Crippen molar-refractivity contribution >= 4 is 11.8 Å². The summed E-state index contributed by atoms with van der Waals surface area (Å²) in [4.78, 5) is 23.7. The number of hydrogen-bond donors (Lipinski definition) is 0. The first-order valence-corrected chi connectivity index (χ1v) is 7.07. The van der Waals surface area contributed by atoms with Crippen molar-refractivity contribution in [1.82, 2.24) is 0 Å². The summed E-state index contributed by atoms with van der Waals surface area (Å²) in [5.41, 5.74) is 1.71. The smallest absolute Gasteiger partial charge is 0.312 e. The molecule has 0 bridgehead atoms. The molecule has 2 unspecified atom stereocenters. The van der Waals surface area contributed by atoms with Crippen molar-refractivity contribution in [2.75, 3.05) is 0 Å². The average Bonchev–Trinajstić information content (AvgIpc) is 2.61. The lowest BCUT2D eigenvalue weighted by molar-refractivity contribution is -0.182. The molecular weight excluding hydrogens is 256 g/mol. The van der Waals surface area contributed by atoms with Crippen LogP contribution in [0.1, 0.15) is 33.6 Å². The fourth-order valence-corrected chi connectivity index (χ4v) is 3.60. The van der Waals surface area contributed by atoms with Crippen LogP contribution < -0.4 is 0 Å². The third-order valence-electron chi connectivity index (χ3n) is 5.00. The van der Waals surface area contributed by atoms with E-state index >= 15 is 0 Å². The van der Waals surface area contributed by atoms with Gasteiger partial charge in [0.2, 0.25) is 6.29 Å². The molecule has 1 saturated carbocycles. The zero-order valence-electron chi connectivity index (χ0n) is 12.1. The first kappa shape index (κ1) is 13.6. The number of ketones is 1. The third-order valence-corrected chi connectivity index (χ3v) is 5.00. The Balaban J connectivity index is 1.73. The van der Waals surface area contributed by atoms with Gasteiger partial charge in [-0.15, -0.1) is 6.58 Å². The van der Waals surface area contributed by atoms with Gasteiger partial charge in [0.1, 0.15) is 0 Å². The van der Waals surface area contributed by atoms with Crippen LogP contribution in [0.2, 0.25) is 0 Å². The minimum atomic E-state index is -0.502. The Hall–Kier alpha value is -1.42. The van der Waals surface area contributed by atoms with Crippen LogP contribution in [-0.2, 0) is 19.1 Å². The molecule has 0 radical (unpaired) electrons. The molecule has 20 heavy (non-hydrogen) atoms. The van der Waals surface area contributed by atoms with Crippen LogP contribution in [0.3, 0.4) is 0 Å². The Morgan fingerprint density at radius 3 is 2.70 bits per heavy atom. The number of rotatable bonds is 4. The maximum atomic E-state index is 11.9. The van der Waals surface area contributed by atoms with Gasteiger partial charge >= 0.3 is 5.97 Å². The van der Waals surface area contributed by atoms with E-state index in [9.17, 15) is 9.59 Å². The summed E-state index contributed by atoms with van der Waals surface area (Å²) >= 11 is 0. The van der Waals surface area contributed by atoms with E-state index in [0.29, 0.717) is 12.8 Å². The zero-order chi connectivity index (χ0) is 14.7. The van der Waals surface area contributed by atoms with Crippen molar-refractivity contribution in [1.29, 1.82) is 0 Å². The number of carbonyl (C=O) groups is 2. The molecule has 1 aliphatic heterocycles. The Labute approximate surface area is 118 Å². The van der Waals surface area contributed by atoms with Crippen LogP contribution in [0.25, 0.3) is 0 Å². The maximum Gasteiger partial charge on any atom is 0.312 e. The molecular formula is C16H20O4. The molecule has 1 heterocycles. The normalized spacial score (nSPS) is 38.0. The topological polar surface area (TPSA) is 52.6 Å². The minimum absolute atomic E-state index is 0.0375. The quantitative estimate of drug-likeness (QED) is 0.584. The molecule has 108 valence electrons. The monoisotopic (exact) mass is 276 g/mol. The summed E-state index contributed by atoms with van der Waals surface area (Å²) in [7, 11) is 0. The van der Waals surface area contributed by atoms with Gasteiger partial charge in [-0.25, -0.2) is 0 Å². The van der Waals surface area contributed by atoms with Crippen LogP contribution in [0.15, 0.2) is 23.8 Å². The van der Waals surface area contributed by atoms with E-state index in [2.05, 4.69) is 20.4 Å². The fraction of sp³-hybridized carbons (Fsp3) is 0.625. The van der Waals surface area contributed by atoms with Gasteiger partial charge in [0, 0.05) is 17.9 Å². The molecule has 0 aromatic heterocycles. The Kier molecular flexibility index (Phi) is 2.91. The maximum absolute atomic E-state index is 11.9. The van der Waals surface area contributed by atoms with Gasteiger partial charge in [-0.1, -0.05) is 19.9 Å². The number of cyclic esters (lactones) is 1. The highest BCUT2D eigenvalue weighted by Gasteiger charge is 2.72. The summed E-state index contributed by atoms with van der Waals surface area (Å²) < 4.78 is 11.2. The van der Waals surface area contributed by atoms with Crippen LogP contribution >= 0.6 is 0 Å². The van der Waals surface area contributed by atoms with Crippen molar-refractivity contribution in [3.63, 3.8) is 0 Å². The molecule has 4 heteroatoms. The van der Waals surface area contributed by atoms with E-state index in [1.165, 1.54) is 0 Å². The van der Waals surface area contributed by atoms with E-state index in [1.54, 1.807) is 6.08 Å². The summed E-state index contributed by atoms with van der Waals surface area (Å²) in [5, 5.41) is 0. The molecule has 4 nitrogen and oxygen atoms in total. The van der Waals surface area contributed by atoms with Gasteiger partial charge in [-0.2, -0.15) is 0 Å². The lowest BCUT2D eigenvalue weighted by atomic mass is 10.1. The molecule has 0 N–H and O–H groups in total. The Morgan fingerprint density at radius 1 is 1.45 bits per heavy atom. The molecule has 0 aromatic rings. The van der Waals surface area contributed by atoms with Gasteiger partial charge < -0.3 is 9.47 Å². The predicted octanol–water partition coefficient (Wildman–Crippen LogP) is 2.39. The predicted molar refractivity (Wildman–Crippen MR) is 72.7 cm³/mol. The number of Topliss-reactive ketones (excluding diaryl/α,β-unsaturated/α-hetero) is 1. The minimum Gasteiger partial charge on any atom is -0.435 e. The lowest BCUT2D eigenvalue weighted by Gasteiger charge is -2.22. The second kappa shape index (κ2) is 4.29. The number of allylic oxidation sites excluding steroid dienone is 2. The van der Waals surface area contributed by atoms with E-state index in [-0.39, 0.29) is 35.1 Å². The SMILES string of the molecule is C=CCC1=C(C)[C@@H](O[C@H]2OC(=O)C3C2C3(C)C)CC1=O. The van der Waals surface area contributed by atoms with Crippen LogP contribution in [-0.4, -0.2) is 24.1 Å². The summed E-state index contributed by atoms with van der Waals surface area (Å²) in [5.74, 6) is 0.0356. The van der Waals surface area contributed by atoms with Crippen LogP contribution in [0.5, 0.6) is 0 Å². The third kappa shape index (κ3) is 1.78. The molecule has 4 atom stereocenters. The zero-order valence-corrected chi connectivity index (χ0v) is 12.1. The lowest BCUT2D eigenvalue weighted by Crippen LogP contribution is -2.28. The molecule has 3 aliphatic rings. The highest BCUT2D eigenvalue weighted by molar-refractivity contribution is 5.99. The van der Waals surface area contributed by atoms with Crippen LogP contribution in [0, 0.1) is 17.3 Å². The van der Waals surface area contributed by atoms with Gasteiger partial charge in [-0.05, 0) is 24.3 Å². The highest BCUT2D eigenvalue weighted by Crippen LogP contribution is 2.65. The number of carbonyl (C=O) groups excluding carboxylic acids is 2. The summed E-state index contributed by atoms with van der Waals surface area (Å²) in [6.45, 7) is 9.71. The first-order chi connectivity index (χ1) is 9.37. The Morgan fingerprint density at radius 2 is 2.15 bits per heavy atom. The van der Waals surface area contributed by atoms with Gasteiger partial charge in [-0.3, -0.25) is 9.59 Å². The van der Waals surface area contributed by atoms with Gasteiger partial charge in [0.25, 0.3) is 0 Å². The van der Waals surface area contributed by atoms with Crippen molar-refractivity contribution < 1.29 is 19.1 Å². The van der Waals surface area contributed by atoms with Crippen molar-refractivity contribution in [3.05, 3.63) is 23.8 Å². The molecule has 0 amide bonds. The van der Waals surface area contributed by atoms with E-state index in [4.69, 9.17) is 9.47 Å². The van der Waals surface area contributed by atoms with Crippen LogP contribution in [0.4, 0.5) is 0 Å². The van der Waals surface area contributed by atoms with Crippen molar-refractivity contribution in [3.8, 4) is 0 Å². The van der Waals surface area contributed by atoms with E-state index in [0.717, 1.165) is 11.1 Å². The largest absolute Gasteiger partial charge is 0.435 e. The molecule has 2 fully saturated rings. The standard InChI is InChI=1S/C16H20O4/c1-5-6-9-8(2)11(7-10(9)17)19-15-13-12(14(18)20-15)16(13,3)4/h5,11-13,15H,1,6-7H2,2-4H3/t11-,12?,13?,15-/m0/s1. The number of esters is 1. The number of fused-ring (bicyclic) bond motifs is 1. The second-order valence-corrected chi connectivity index (χ2v) is 6.54. The van der Waals surface area contributed by atoms with E-state index < -0.39 is 6.29 Å². The van der Waals surface area contributed by atoms with Crippen molar-refractivity contribution in [2.45, 2.75) is 46.0 Å².